The van der Waals surface area contributed by atoms with Crippen LogP contribution in [-0.4, -0.2) is 40.4 Å². The van der Waals surface area contributed by atoms with Crippen LogP contribution in [0.3, 0.4) is 0 Å². The first-order chi connectivity index (χ1) is 0. The van der Waals surface area contributed by atoms with Crippen LogP contribution in [0.2, 0.25) is 0 Å². The molecule has 0 unspecified atom stereocenters. The maximum atomic E-state index is 0. The van der Waals surface area contributed by atoms with Crippen molar-refractivity contribution < 1.29 is 42.7 Å². The van der Waals surface area contributed by atoms with Crippen LogP contribution in [0.1, 0.15) is 0 Å². The van der Waals surface area contributed by atoms with Crippen molar-refractivity contribution >= 4 is 40.4 Å². The van der Waals surface area contributed by atoms with Crippen molar-refractivity contribution in [3.63, 3.8) is 0 Å². The van der Waals surface area contributed by atoms with Crippen LogP contribution in [0.15, 0.2) is 0 Å². The first-order valence-electron chi connectivity index (χ1n) is 0. The Morgan fingerprint density at radius 2 is 1.00 bits per heavy atom. The van der Waals surface area contributed by atoms with Gasteiger partial charge in [-0.05, 0) is 0 Å². The van der Waals surface area contributed by atoms with E-state index < -0.39 is 0 Å². The van der Waals surface area contributed by atoms with E-state index in [9.17, 15) is 0 Å². The van der Waals surface area contributed by atoms with Gasteiger partial charge in [-0.25, -0.2) is 0 Å². The van der Waals surface area contributed by atoms with Gasteiger partial charge in [0.05, 0.1) is 0 Å². The SMILES string of the molecule is [AlH3].[MgH2].[Ni].[Zr]. The van der Waals surface area contributed by atoms with E-state index in [0.29, 0.717) is 0 Å². The third-order valence-electron chi connectivity index (χ3n) is 0. The molecule has 0 aromatic rings. The Morgan fingerprint density at radius 3 is 1.00 bits per heavy atom. The largest absolute Gasteiger partial charge is 0.316 e. The van der Waals surface area contributed by atoms with Crippen LogP contribution in [0.25, 0.3) is 0 Å². The normalized spacial score (nSPS) is 0. The van der Waals surface area contributed by atoms with Crippen molar-refractivity contribution in [1.29, 1.82) is 0 Å². The van der Waals surface area contributed by atoms with Gasteiger partial charge >= 0.3 is 23.1 Å². The summed E-state index contributed by atoms with van der Waals surface area (Å²) in [6, 6.07) is 0. The fourth-order valence-corrected chi connectivity index (χ4v) is 0. The molecule has 0 radical (unpaired) electrons. The van der Waals surface area contributed by atoms with Gasteiger partial charge < -0.3 is 0 Å². The van der Waals surface area contributed by atoms with Crippen LogP contribution in [0.4, 0.5) is 0 Å². The van der Waals surface area contributed by atoms with Crippen LogP contribution in [-0.2, 0) is 42.7 Å². The molecule has 0 saturated carbocycles. The van der Waals surface area contributed by atoms with Gasteiger partial charge in [-0.15, -0.1) is 0 Å². The van der Waals surface area contributed by atoms with Gasteiger partial charge in [0.25, 0.3) is 0 Å². The minimum Gasteiger partial charge on any atom is 0 e. The molecule has 0 heterocycles. The van der Waals surface area contributed by atoms with Gasteiger partial charge in [-0.2, -0.15) is 0 Å². The zero-order valence-electron chi connectivity index (χ0n) is 0.816. The minimum atomic E-state index is 0. The first-order valence-corrected chi connectivity index (χ1v) is 0. The summed E-state index contributed by atoms with van der Waals surface area (Å²) in [6.07, 6.45) is 0. The summed E-state index contributed by atoms with van der Waals surface area (Å²) in [4.78, 5) is 0. The van der Waals surface area contributed by atoms with Crippen LogP contribution in [0.5, 0.6) is 0 Å². The quantitative estimate of drug-likeness (QED) is 0.398. The molecule has 0 amide bonds. The predicted molar refractivity (Wildman–Crippen MR) is 18.5 cm³/mol. The molecule has 0 nitrogen and oxygen atoms in total. The van der Waals surface area contributed by atoms with Crippen molar-refractivity contribution in [3.8, 4) is 0 Å². The Bertz CT molecular complexity index is 8.00. The molecular weight excluding hydrogens is 201 g/mol. The van der Waals surface area contributed by atoms with Gasteiger partial charge in [-0.3, -0.25) is 0 Å². The van der Waals surface area contributed by atoms with E-state index in [1.54, 1.807) is 0 Å². The summed E-state index contributed by atoms with van der Waals surface area (Å²) in [7, 11) is 0. The van der Waals surface area contributed by atoms with Gasteiger partial charge in [0.1, 0.15) is 0 Å². The molecule has 24 valence electrons. The van der Waals surface area contributed by atoms with Gasteiger partial charge in [0.2, 0.25) is 0 Å². The molecule has 4 heteroatoms. The number of rotatable bonds is 0. The second kappa shape index (κ2) is 17.3. The Balaban J connectivity index is 0. The zero-order chi connectivity index (χ0) is 0. The van der Waals surface area contributed by atoms with Gasteiger partial charge in [0, 0.05) is 42.7 Å². The monoisotopic (exact) mass is 204 g/mol. The molecular formula is H5AlMgNiZr. The maximum Gasteiger partial charge on any atom is 0.316 e. The summed E-state index contributed by atoms with van der Waals surface area (Å²) in [5, 5.41) is 0. The third kappa shape index (κ3) is 8.82. The average Bonchev–Trinajstić information content (AvgIpc) is 0. The van der Waals surface area contributed by atoms with E-state index in [1.807, 2.05) is 0 Å². The third-order valence-corrected chi connectivity index (χ3v) is 0. The second-order valence-corrected chi connectivity index (χ2v) is 0. The summed E-state index contributed by atoms with van der Waals surface area (Å²) < 4.78 is 0. The molecule has 0 aromatic heterocycles. The Labute approximate surface area is 81.8 Å². The van der Waals surface area contributed by atoms with E-state index in [4.69, 9.17) is 0 Å². The molecule has 0 aliphatic carbocycles. The van der Waals surface area contributed by atoms with Crippen LogP contribution >= 0.6 is 0 Å². The molecule has 0 N–H and O–H groups in total. The van der Waals surface area contributed by atoms with E-state index in [2.05, 4.69) is 0 Å². The Kier molecular flexibility index (Phi) is 130. The summed E-state index contributed by atoms with van der Waals surface area (Å²) >= 11 is 0. The van der Waals surface area contributed by atoms with Gasteiger partial charge in [0.15, 0.2) is 17.4 Å². The summed E-state index contributed by atoms with van der Waals surface area (Å²) in [6.45, 7) is 0. The average molecular weight is 206 g/mol. The van der Waals surface area contributed by atoms with Crippen molar-refractivity contribution in [2.75, 3.05) is 0 Å². The molecule has 0 aliphatic rings. The molecule has 0 bridgehead atoms. The van der Waals surface area contributed by atoms with E-state index in [1.165, 1.54) is 0 Å². The molecule has 0 fully saturated rings. The molecule has 0 rings (SSSR count). The molecule has 0 saturated heterocycles. The van der Waals surface area contributed by atoms with Crippen LogP contribution < -0.4 is 0 Å². The van der Waals surface area contributed by atoms with Gasteiger partial charge in [-0.1, -0.05) is 0 Å². The van der Waals surface area contributed by atoms with E-state index >= 15 is 0 Å². The molecule has 0 aliphatic heterocycles. The van der Waals surface area contributed by atoms with Crippen molar-refractivity contribution in [1.82, 2.24) is 0 Å². The fraction of sp³-hybridized carbons (Fsp3) is 0. The second-order valence-electron chi connectivity index (χ2n) is 0. The minimum absolute atomic E-state index is 0. The van der Waals surface area contributed by atoms with E-state index in [0.717, 1.165) is 0 Å². The van der Waals surface area contributed by atoms with E-state index in [-0.39, 0.29) is 83.1 Å². The molecule has 4 heavy (non-hydrogen) atoms. The fourth-order valence-electron chi connectivity index (χ4n) is 0. The van der Waals surface area contributed by atoms with Crippen molar-refractivity contribution in [2.24, 2.45) is 0 Å². The summed E-state index contributed by atoms with van der Waals surface area (Å²) in [5.74, 6) is 0. The standard InChI is InChI=1S/Al.Mg.Ni.Zr.5H. The Hall–Kier alpha value is 2.68. The summed E-state index contributed by atoms with van der Waals surface area (Å²) in [5.41, 5.74) is 0. The number of hydrogen-bond acceptors (Lipinski definition) is 0. The topological polar surface area (TPSA) is 0 Å². The Morgan fingerprint density at radius 1 is 1.00 bits per heavy atom. The zero-order valence-corrected chi connectivity index (χ0v) is 4.26. The predicted octanol–water partition coefficient (Wildman–Crippen LogP) is -2.11. The maximum absolute atomic E-state index is 0. The van der Waals surface area contributed by atoms with Crippen molar-refractivity contribution in [2.45, 2.75) is 0 Å². The smallest absolute Gasteiger partial charge is 0 e. The number of hydrogen-bond donors (Lipinski definition) is 0. The van der Waals surface area contributed by atoms with Crippen molar-refractivity contribution in [3.05, 3.63) is 0 Å². The molecule has 0 atom stereocenters. The van der Waals surface area contributed by atoms with Crippen LogP contribution in [0, 0.1) is 0 Å². The molecule has 0 aromatic carbocycles. The first kappa shape index (κ1) is 30.0. The molecule has 0 spiro atoms.